The molecule has 1 unspecified atom stereocenters. The molecule has 0 N–H and O–H groups in total. The summed E-state index contributed by atoms with van der Waals surface area (Å²) in [5.74, 6) is 0.494. The lowest BCUT2D eigenvalue weighted by atomic mass is 9.91. The second-order valence-electron chi connectivity index (χ2n) is 4.47. The van der Waals surface area contributed by atoms with Crippen molar-refractivity contribution in [2.75, 3.05) is 0 Å². The number of aryl methyl sites for hydroxylation is 1. The molecule has 0 saturated carbocycles. The second kappa shape index (κ2) is 5.11. The molecule has 0 heterocycles. The topological polar surface area (TPSA) is 0 Å². The van der Waals surface area contributed by atoms with Gasteiger partial charge in [0.2, 0.25) is 0 Å². The summed E-state index contributed by atoms with van der Waals surface area (Å²) in [5, 5.41) is 0. The van der Waals surface area contributed by atoms with Crippen LogP contribution in [-0.4, -0.2) is 0 Å². The molecule has 84 valence electrons. The fourth-order valence-electron chi connectivity index (χ4n) is 1.99. The molecule has 0 aromatic heterocycles. The number of hydrogen-bond acceptors (Lipinski definition) is 0. The Bertz CT molecular complexity index is 398. The predicted molar refractivity (Wildman–Crippen MR) is 65.7 cm³/mol. The van der Waals surface area contributed by atoms with Crippen LogP contribution in [0.3, 0.4) is 0 Å². The Morgan fingerprint density at radius 3 is 2.62 bits per heavy atom. The third-order valence-electron chi connectivity index (χ3n) is 3.09. The molecule has 0 spiro atoms. The van der Waals surface area contributed by atoms with Crippen molar-refractivity contribution in [1.29, 1.82) is 0 Å². The number of allylic oxidation sites excluding steroid dienone is 4. The van der Waals surface area contributed by atoms with E-state index in [2.05, 4.69) is 25.2 Å². The highest BCUT2D eigenvalue weighted by atomic mass is 19.1. The number of hydrogen-bond donors (Lipinski definition) is 0. The summed E-state index contributed by atoms with van der Waals surface area (Å²) in [6.45, 7) is 2.13. The van der Waals surface area contributed by atoms with Gasteiger partial charge in [-0.1, -0.05) is 35.9 Å². The maximum absolute atomic E-state index is 12.7. The first-order chi connectivity index (χ1) is 7.74. The molecule has 0 radical (unpaired) electrons. The van der Waals surface area contributed by atoms with Gasteiger partial charge in [0, 0.05) is 0 Å². The van der Waals surface area contributed by atoms with Crippen LogP contribution < -0.4 is 0 Å². The maximum Gasteiger partial charge on any atom is 0.123 e. The van der Waals surface area contributed by atoms with E-state index in [9.17, 15) is 4.39 Å². The molecule has 0 nitrogen and oxygen atoms in total. The lowest BCUT2D eigenvalue weighted by Gasteiger charge is -2.14. The molecule has 0 aliphatic heterocycles. The first kappa shape index (κ1) is 11.1. The van der Waals surface area contributed by atoms with Gasteiger partial charge in [-0.15, -0.1) is 0 Å². The molecular formula is C15H17F. The Morgan fingerprint density at radius 1 is 1.25 bits per heavy atom. The van der Waals surface area contributed by atoms with Crippen LogP contribution in [-0.2, 0) is 6.42 Å². The second-order valence-corrected chi connectivity index (χ2v) is 4.47. The summed E-state index contributed by atoms with van der Waals surface area (Å²) in [6.07, 6.45) is 10.1. The minimum absolute atomic E-state index is 0.153. The van der Waals surface area contributed by atoms with Crippen LogP contribution in [0.2, 0.25) is 0 Å². The maximum atomic E-state index is 12.7. The van der Waals surface area contributed by atoms with E-state index < -0.39 is 0 Å². The summed E-state index contributed by atoms with van der Waals surface area (Å²) in [7, 11) is 0. The first-order valence-corrected chi connectivity index (χ1v) is 5.83. The minimum atomic E-state index is -0.153. The zero-order chi connectivity index (χ0) is 11.4. The fraction of sp³-hybridized carbons (Fsp3) is 0.333. The average molecular weight is 216 g/mol. The largest absolute Gasteiger partial charge is 0.207 e. The van der Waals surface area contributed by atoms with Gasteiger partial charge < -0.3 is 0 Å². The van der Waals surface area contributed by atoms with Gasteiger partial charge in [0.05, 0.1) is 0 Å². The SMILES string of the molecule is CC1=CCC(CCc2ccc(F)cc2)C=C1. The normalized spacial score (nSPS) is 19.6. The van der Waals surface area contributed by atoms with E-state index in [0.29, 0.717) is 5.92 Å². The highest BCUT2D eigenvalue weighted by molar-refractivity contribution is 5.22. The molecule has 1 aliphatic carbocycles. The zero-order valence-corrected chi connectivity index (χ0v) is 9.62. The Hall–Kier alpha value is -1.37. The number of benzene rings is 1. The van der Waals surface area contributed by atoms with Crippen LogP contribution in [0.1, 0.15) is 25.3 Å². The van der Waals surface area contributed by atoms with E-state index >= 15 is 0 Å². The third kappa shape index (κ3) is 3.06. The van der Waals surface area contributed by atoms with Crippen molar-refractivity contribution in [2.24, 2.45) is 5.92 Å². The molecule has 0 bridgehead atoms. The van der Waals surface area contributed by atoms with Crippen molar-refractivity contribution in [3.63, 3.8) is 0 Å². The standard InChI is InChI=1S/C15H17F/c1-12-2-4-13(5-3-12)6-7-14-8-10-15(16)11-9-14/h2-4,8-11,13H,5-7H2,1H3. The van der Waals surface area contributed by atoms with Crippen molar-refractivity contribution in [3.05, 3.63) is 59.4 Å². The summed E-state index contributed by atoms with van der Waals surface area (Å²) in [4.78, 5) is 0. The van der Waals surface area contributed by atoms with Crippen LogP contribution in [0, 0.1) is 11.7 Å². The molecule has 1 aromatic rings. The average Bonchev–Trinajstić information content (AvgIpc) is 2.30. The van der Waals surface area contributed by atoms with Crippen molar-refractivity contribution >= 4 is 0 Å². The van der Waals surface area contributed by atoms with Gasteiger partial charge >= 0.3 is 0 Å². The van der Waals surface area contributed by atoms with Crippen LogP contribution in [0.15, 0.2) is 48.1 Å². The van der Waals surface area contributed by atoms with Crippen molar-refractivity contribution in [2.45, 2.75) is 26.2 Å². The monoisotopic (exact) mass is 216 g/mol. The van der Waals surface area contributed by atoms with E-state index in [1.165, 1.54) is 23.3 Å². The van der Waals surface area contributed by atoms with Crippen molar-refractivity contribution < 1.29 is 4.39 Å². The molecule has 0 amide bonds. The zero-order valence-electron chi connectivity index (χ0n) is 9.62. The Balaban J connectivity index is 1.84. The fourth-order valence-corrected chi connectivity index (χ4v) is 1.99. The molecule has 16 heavy (non-hydrogen) atoms. The van der Waals surface area contributed by atoms with E-state index in [1.807, 2.05) is 12.1 Å². The lowest BCUT2D eigenvalue weighted by Crippen LogP contribution is -2.01. The highest BCUT2D eigenvalue weighted by Crippen LogP contribution is 2.21. The van der Waals surface area contributed by atoms with Crippen molar-refractivity contribution in [3.8, 4) is 0 Å². The molecule has 1 aliphatic rings. The Morgan fingerprint density at radius 2 is 2.00 bits per heavy atom. The quantitative estimate of drug-likeness (QED) is 0.707. The third-order valence-corrected chi connectivity index (χ3v) is 3.09. The predicted octanol–water partition coefficient (Wildman–Crippen LogP) is 4.28. The Labute approximate surface area is 96.5 Å². The Kier molecular flexibility index (Phi) is 3.55. The van der Waals surface area contributed by atoms with E-state index in [1.54, 1.807) is 0 Å². The highest BCUT2D eigenvalue weighted by Gasteiger charge is 2.07. The van der Waals surface area contributed by atoms with Crippen LogP contribution >= 0.6 is 0 Å². The number of halogens is 1. The molecule has 0 fully saturated rings. The smallest absolute Gasteiger partial charge is 0.123 e. The van der Waals surface area contributed by atoms with Crippen LogP contribution in [0.5, 0.6) is 0 Å². The molecule has 1 heteroatoms. The molecule has 1 aromatic carbocycles. The summed E-state index contributed by atoms with van der Waals surface area (Å²) in [5.41, 5.74) is 2.58. The van der Waals surface area contributed by atoms with Crippen molar-refractivity contribution in [1.82, 2.24) is 0 Å². The summed E-state index contributed by atoms with van der Waals surface area (Å²) in [6, 6.07) is 6.83. The van der Waals surface area contributed by atoms with E-state index in [4.69, 9.17) is 0 Å². The van der Waals surface area contributed by atoms with Gasteiger partial charge in [-0.25, -0.2) is 4.39 Å². The summed E-state index contributed by atoms with van der Waals surface area (Å²) >= 11 is 0. The van der Waals surface area contributed by atoms with Gasteiger partial charge in [0.1, 0.15) is 5.82 Å². The molecular weight excluding hydrogens is 199 g/mol. The van der Waals surface area contributed by atoms with Gasteiger partial charge in [-0.3, -0.25) is 0 Å². The van der Waals surface area contributed by atoms with Gasteiger partial charge in [-0.2, -0.15) is 0 Å². The van der Waals surface area contributed by atoms with Gasteiger partial charge in [-0.05, 0) is 49.8 Å². The van der Waals surface area contributed by atoms with E-state index in [-0.39, 0.29) is 5.82 Å². The van der Waals surface area contributed by atoms with Gasteiger partial charge in [0.15, 0.2) is 0 Å². The van der Waals surface area contributed by atoms with E-state index in [0.717, 1.165) is 19.3 Å². The minimum Gasteiger partial charge on any atom is -0.207 e. The lowest BCUT2D eigenvalue weighted by molar-refractivity contribution is 0.590. The van der Waals surface area contributed by atoms with Crippen LogP contribution in [0.25, 0.3) is 0 Å². The first-order valence-electron chi connectivity index (χ1n) is 5.83. The number of rotatable bonds is 3. The molecule has 1 atom stereocenters. The van der Waals surface area contributed by atoms with Crippen LogP contribution in [0.4, 0.5) is 4.39 Å². The molecule has 0 saturated heterocycles. The summed E-state index contributed by atoms with van der Waals surface area (Å²) < 4.78 is 12.7. The molecule has 2 rings (SSSR count). The van der Waals surface area contributed by atoms with Gasteiger partial charge in [0.25, 0.3) is 0 Å².